The fraction of sp³-hybridized carbons (Fsp3) is 1.00. The van der Waals surface area contributed by atoms with Crippen molar-refractivity contribution in [1.82, 2.24) is 10.0 Å². The van der Waals surface area contributed by atoms with E-state index in [0.717, 1.165) is 12.8 Å². The number of rotatable bonds is 5. The second-order valence-corrected chi connectivity index (χ2v) is 7.81. The smallest absolute Gasteiger partial charge is 0.209 e. The first-order chi connectivity index (χ1) is 8.07. The summed E-state index contributed by atoms with van der Waals surface area (Å²) in [5, 5.41) is 3.44. The van der Waals surface area contributed by atoms with Gasteiger partial charge in [-0.15, -0.1) is 0 Å². The van der Waals surface area contributed by atoms with Crippen LogP contribution in [0, 0.1) is 0 Å². The van der Waals surface area contributed by atoms with Crippen LogP contribution in [0.3, 0.4) is 0 Å². The molecule has 1 aliphatic rings. The zero-order chi connectivity index (χ0) is 14.0. The molecule has 0 aromatic carbocycles. The molecule has 0 spiro atoms. The molecule has 0 aromatic heterocycles. The van der Waals surface area contributed by atoms with Crippen LogP contribution in [0.1, 0.15) is 40.5 Å². The zero-order valence-corrected chi connectivity index (χ0v) is 12.8. The molecule has 1 rings (SSSR count). The average Bonchev–Trinajstić information content (AvgIpc) is 2.09. The standard InChI is InChI=1S/C12H26N2O3S/c1-9-6-11(7-10(2)17-9)13-8-12(3,4)14-18(5,15)16/h9-11,13-14H,6-8H2,1-5H3. The fourth-order valence-corrected chi connectivity index (χ4v) is 3.59. The second-order valence-electron chi connectivity index (χ2n) is 6.06. The lowest BCUT2D eigenvalue weighted by Crippen LogP contribution is -2.53. The van der Waals surface area contributed by atoms with Gasteiger partial charge >= 0.3 is 0 Å². The molecule has 5 nitrogen and oxygen atoms in total. The Balaban J connectivity index is 2.44. The van der Waals surface area contributed by atoms with E-state index in [1.807, 2.05) is 13.8 Å². The van der Waals surface area contributed by atoms with Gasteiger partial charge in [0.25, 0.3) is 0 Å². The molecule has 108 valence electrons. The van der Waals surface area contributed by atoms with Gasteiger partial charge in [0.2, 0.25) is 10.0 Å². The molecule has 1 heterocycles. The van der Waals surface area contributed by atoms with Crippen molar-refractivity contribution in [3.8, 4) is 0 Å². The molecule has 18 heavy (non-hydrogen) atoms. The van der Waals surface area contributed by atoms with Crippen molar-refractivity contribution in [2.75, 3.05) is 12.8 Å². The van der Waals surface area contributed by atoms with Gasteiger partial charge in [-0.3, -0.25) is 0 Å². The van der Waals surface area contributed by atoms with Crippen LogP contribution < -0.4 is 10.0 Å². The Hall–Kier alpha value is -0.170. The number of ether oxygens (including phenoxy) is 1. The highest BCUT2D eigenvalue weighted by Crippen LogP contribution is 2.19. The molecule has 0 saturated carbocycles. The van der Waals surface area contributed by atoms with Crippen molar-refractivity contribution in [1.29, 1.82) is 0 Å². The summed E-state index contributed by atoms with van der Waals surface area (Å²) in [5.74, 6) is 0. The van der Waals surface area contributed by atoms with Gasteiger partial charge in [-0.2, -0.15) is 0 Å². The Morgan fingerprint density at radius 1 is 1.22 bits per heavy atom. The van der Waals surface area contributed by atoms with E-state index >= 15 is 0 Å². The zero-order valence-electron chi connectivity index (χ0n) is 12.0. The predicted octanol–water partition coefficient (Wildman–Crippen LogP) is 0.860. The van der Waals surface area contributed by atoms with E-state index in [0.29, 0.717) is 12.6 Å². The normalized spacial score (nSPS) is 30.4. The van der Waals surface area contributed by atoms with Crippen LogP contribution in [0.4, 0.5) is 0 Å². The lowest BCUT2D eigenvalue weighted by atomic mass is 9.98. The van der Waals surface area contributed by atoms with E-state index in [1.54, 1.807) is 0 Å². The molecule has 1 fully saturated rings. The van der Waals surface area contributed by atoms with Gasteiger partial charge in [-0.1, -0.05) is 0 Å². The molecule has 0 amide bonds. The highest BCUT2D eigenvalue weighted by molar-refractivity contribution is 7.88. The Morgan fingerprint density at radius 2 is 1.72 bits per heavy atom. The summed E-state index contributed by atoms with van der Waals surface area (Å²) in [6.45, 7) is 8.53. The maximum absolute atomic E-state index is 11.2. The highest BCUT2D eigenvalue weighted by Gasteiger charge is 2.27. The summed E-state index contributed by atoms with van der Waals surface area (Å²) >= 11 is 0. The summed E-state index contributed by atoms with van der Waals surface area (Å²) in [6, 6.07) is 0.393. The van der Waals surface area contributed by atoms with Crippen molar-refractivity contribution in [3.63, 3.8) is 0 Å². The summed E-state index contributed by atoms with van der Waals surface area (Å²) < 4.78 is 30.8. The molecule has 1 aliphatic heterocycles. The third kappa shape index (κ3) is 6.13. The molecule has 0 aromatic rings. The van der Waals surface area contributed by atoms with Crippen LogP contribution in [0.25, 0.3) is 0 Å². The van der Waals surface area contributed by atoms with Crippen LogP contribution in [-0.4, -0.2) is 45.0 Å². The maximum atomic E-state index is 11.2. The van der Waals surface area contributed by atoms with Crippen LogP contribution in [0.2, 0.25) is 0 Å². The minimum Gasteiger partial charge on any atom is -0.375 e. The van der Waals surface area contributed by atoms with E-state index in [-0.39, 0.29) is 12.2 Å². The summed E-state index contributed by atoms with van der Waals surface area (Å²) in [6.07, 6.45) is 3.65. The van der Waals surface area contributed by atoms with Crippen molar-refractivity contribution >= 4 is 10.0 Å². The molecule has 2 N–H and O–H groups in total. The Bertz CT molecular complexity index is 358. The largest absolute Gasteiger partial charge is 0.375 e. The monoisotopic (exact) mass is 278 g/mol. The third-order valence-corrected chi connectivity index (χ3v) is 3.92. The predicted molar refractivity (Wildman–Crippen MR) is 73.1 cm³/mol. The van der Waals surface area contributed by atoms with Crippen molar-refractivity contribution in [3.05, 3.63) is 0 Å². The van der Waals surface area contributed by atoms with Gasteiger partial charge < -0.3 is 10.1 Å². The van der Waals surface area contributed by atoms with Gasteiger partial charge in [0.05, 0.1) is 18.5 Å². The molecular weight excluding hydrogens is 252 g/mol. The van der Waals surface area contributed by atoms with Crippen LogP contribution in [0.15, 0.2) is 0 Å². The summed E-state index contributed by atoms with van der Waals surface area (Å²) in [7, 11) is -3.17. The van der Waals surface area contributed by atoms with Gasteiger partial charge in [0.15, 0.2) is 0 Å². The molecule has 2 unspecified atom stereocenters. The first kappa shape index (κ1) is 15.9. The van der Waals surface area contributed by atoms with Crippen molar-refractivity contribution in [2.45, 2.75) is 64.3 Å². The van der Waals surface area contributed by atoms with Crippen LogP contribution >= 0.6 is 0 Å². The molecule has 2 atom stereocenters. The molecule has 6 heteroatoms. The average molecular weight is 278 g/mol. The van der Waals surface area contributed by atoms with E-state index in [9.17, 15) is 8.42 Å². The fourth-order valence-electron chi connectivity index (χ4n) is 2.51. The van der Waals surface area contributed by atoms with E-state index in [4.69, 9.17) is 4.74 Å². The van der Waals surface area contributed by atoms with Gasteiger partial charge in [-0.05, 0) is 40.5 Å². The van der Waals surface area contributed by atoms with Gasteiger partial charge in [-0.25, -0.2) is 13.1 Å². The second kappa shape index (κ2) is 5.86. The lowest BCUT2D eigenvalue weighted by Gasteiger charge is -2.35. The Labute approximate surface area is 111 Å². The topological polar surface area (TPSA) is 67.4 Å². The maximum Gasteiger partial charge on any atom is 0.209 e. The minimum absolute atomic E-state index is 0.261. The van der Waals surface area contributed by atoms with Crippen LogP contribution in [0.5, 0.6) is 0 Å². The van der Waals surface area contributed by atoms with Crippen molar-refractivity contribution in [2.24, 2.45) is 0 Å². The summed E-state index contributed by atoms with van der Waals surface area (Å²) in [4.78, 5) is 0. The molecular formula is C12H26N2O3S. The van der Waals surface area contributed by atoms with E-state index in [1.165, 1.54) is 6.26 Å². The molecule has 0 bridgehead atoms. The molecule has 0 radical (unpaired) electrons. The Kier molecular flexibility index (Phi) is 5.17. The highest BCUT2D eigenvalue weighted by atomic mass is 32.2. The lowest BCUT2D eigenvalue weighted by molar-refractivity contribution is -0.0425. The third-order valence-electron chi connectivity index (χ3n) is 2.99. The quantitative estimate of drug-likeness (QED) is 0.783. The minimum atomic E-state index is -3.17. The first-order valence-corrected chi connectivity index (χ1v) is 8.34. The number of nitrogens with one attached hydrogen (secondary N) is 2. The SMILES string of the molecule is CC1CC(NCC(C)(C)NS(C)(=O)=O)CC(C)O1. The number of hydrogen-bond acceptors (Lipinski definition) is 4. The van der Waals surface area contributed by atoms with E-state index in [2.05, 4.69) is 23.9 Å². The Morgan fingerprint density at radius 3 is 2.17 bits per heavy atom. The number of hydrogen-bond donors (Lipinski definition) is 2. The van der Waals surface area contributed by atoms with Gasteiger partial charge in [0.1, 0.15) is 0 Å². The number of sulfonamides is 1. The van der Waals surface area contributed by atoms with E-state index < -0.39 is 15.6 Å². The first-order valence-electron chi connectivity index (χ1n) is 6.45. The van der Waals surface area contributed by atoms with Gasteiger partial charge in [0, 0.05) is 18.1 Å². The van der Waals surface area contributed by atoms with Crippen LogP contribution in [-0.2, 0) is 14.8 Å². The summed E-state index contributed by atoms with van der Waals surface area (Å²) in [5.41, 5.74) is -0.474. The molecule has 0 aliphatic carbocycles. The molecule has 1 saturated heterocycles. The van der Waals surface area contributed by atoms with Crippen molar-refractivity contribution < 1.29 is 13.2 Å².